The summed E-state index contributed by atoms with van der Waals surface area (Å²) in [6.45, 7) is 6.22. The van der Waals surface area contributed by atoms with Crippen LogP contribution in [0.5, 0.6) is 0 Å². The maximum absolute atomic E-state index is 12.7. The summed E-state index contributed by atoms with van der Waals surface area (Å²) < 4.78 is 12.0. The molecule has 1 aromatic rings. The van der Waals surface area contributed by atoms with Gasteiger partial charge in [0.15, 0.2) is 0 Å². The third-order valence-corrected chi connectivity index (χ3v) is 5.63. The Morgan fingerprint density at radius 2 is 2.22 bits per heavy atom. The zero-order valence-corrected chi connectivity index (χ0v) is 14.2. The molecule has 2 saturated heterocycles. The van der Waals surface area contributed by atoms with E-state index in [1.165, 1.54) is 12.8 Å². The van der Waals surface area contributed by atoms with E-state index in [9.17, 15) is 4.79 Å². The molecule has 1 amide bonds. The van der Waals surface area contributed by atoms with E-state index in [1.54, 1.807) is 11.3 Å². The summed E-state index contributed by atoms with van der Waals surface area (Å²) in [5.41, 5.74) is 0.423. The summed E-state index contributed by atoms with van der Waals surface area (Å²) in [7, 11) is 0. The third-order valence-electron chi connectivity index (χ3n) is 4.95. The third kappa shape index (κ3) is 3.60. The number of morpholine rings is 1. The van der Waals surface area contributed by atoms with Gasteiger partial charge in [-0.1, -0.05) is 0 Å². The molecule has 4 rings (SSSR count). The highest BCUT2D eigenvalue weighted by atomic mass is 32.1. The van der Waals surface area contributed by atoms with Gasteiger partial charge in [0.2, 0.25) is 0 Å². The van der Waals surface area contributed by atoms with Crippen LogP contribution >= 0.6 is 11.3 Å². The minimum absolute atomic E-state index is 0.118. The van der Waals surface area contributed by atoms with Crippen LogP contribution in [0, 0.1) is 5.92 Å². The van der Waals surface area contributed by atoms with Crippen LogP contribution in [0.1, 0.15) is 23.2 Å². The molecule has 1 aromatic heterocycles. The fourth-order valence-electron chi connectivity index (χ4n) is 3.58. The van der Waals surface area contributed by atoms with Crippen molar-refractivity contribution in [1.29, 1.82) is 0 Å². The van der Waals surface area contributed by atoms with Crippen molar-refractivity contribution in [3.63, 3.8) is 0 Å². The van der Waals surface area contributed by atoms with E-state index in [0.29, 0.717) is 26.3 Å². The van der Waals surface area contributed by atoms with Crippen LogP contribution in [0.3, 0.4) is 0 Å². The molecule has 5 nitrogen and oxygen atoms in total. The topological polar surface area (TPSA) is 42.0 Å². The largest absolute Gasteiger partial charge is 0.377 e. The first-order valence-corrected chi connectivity index (χ1v) is 9.44. The second-order valence-corrected chi connectivity index (χ2v) is 7.78. The SMILES string of the molecule is O=C(c1ccsc1)N1CCOC2(COCCN(CC3CC3)C2)C1. The van der Waals surface area contributed by atoms with E-state index in [-0.39, 0.29) is 11.5 Å². The number of hydrogen-bond acceptors (Lipinski definition) is 5. The van der Waals surface area contributed by atoms with Gasteiger partial charge < -0.3 is 14.4 Å². The Kier molecular flexibility index (Phi) is 4.41. The van der Waals surface area contributed by atoms with Gasteiger partial charge in [-0.25, -0.2) is 0 Å². The predicted octanol–water partition coefficient (Wildman–Crippen LogP) is 1.70. The highest BCUT2D eigenvalue weighted by molar-refractivity contribution is 7.08. The standard InChI is InChI=1S/C17H24N2O3S/c20-16(15-3-8-23-10-15)19-5-7-22-17(12-19)11-18(4-6-21-13-17)9-14-1-2-14/h3,8,10,14H,1-2,4-7,9,11-13H2. The minimum atomic E-state index is -0.366. The molecular formula is C17H24N2O3S. The Hall–Kier alpha value is -0.950. The average molecular weight is 336 g/mol. The molecule has 23 heavy (non-hydrogen) atoms. The first-order chi connectivity index (χ1) is 11.2. The van der Waals surface area contributed by atoms with Gasteiger partial charge in [-0.05, 0) is 30.2 Å². The molecule has 3 aliphatic rings. The summed E-state index contributed by atoms with van der Waals surface area (Å²) in [5, 5.41) is 3.88. The summed E-state index contributed by atoms with van der Waals surface area (Å²) in [4.78, 5) is 17.1. The van der Waals surface area contributed by atoms with Gasteiger partial charge in [0.1, 0.15) is 5.60 Å². The van der Waals surface area contributed by atoms with Gasteiger partial charge in [-0.3, -0.25) is 9.69 Å². The zero-order chi connectivity index (χ0) is 15.7. The molecule has 126 valence electrons. The molecule has 0 N–H and O–H groups in total. The number of ether oxygens (including phenoxy) is 2. The van der Waals surface area contributed by atoms with Crippen LogP contribution in [-0.2, 0) is 9.47 Å². The molecule has 1 aliphatic carbocycles. The molecule has 6 heteroatoms. The van der Waals surface area contributed by atoms with Crippen molar-refractivity contribution in [2.75, 3.05) is 52.5 Å². The van der Waals surface area contributed by atoms with E-state index < -0.39 is 0 Å². The average Bonchev–Trinajstić information content (AvgIpc) is 3.24. The van der Waals surface area contributed by atoms with Crippen molar-refractivity contribution in [2.24, 2.45) is 5.92 Å². The van der Waals surface area contributed by atoms with E-state index in [1.807, 2.05) is 21.7 Å². The number of amides is 1. The van der Waals surface area contributed by atoms with Crippen LogP contribution in [-0.4, -0.2) is 73.9 Å². The highest BCUT2D eigenvalue weighted by Crippen LogP contribution is 2.31. The van der Waals surface area contributed by atoms with Crippen molar-refractivity contribution in [1.82, 2.24) is 9.80 Å². The number of hydrogen-bond donors (Lipinski definition) is 0. The molecule has 0 radical (unpaired) electrons. The van der Waals surface area contributed by atoms with Crippen molar-refractivity contribution in [3.05, 3.63) is 22.4 Å². The maximum atomic E-state index is 12.7. The van der Waals surface area contributed by atoms with Gasteiger partial charge in [0.25, 0.3) is 5.91 Å². The first-order valence-electron chi connectivity index (χ1n) is 8.50. The Bertz CT molecular complexity index is 546. The molecule has 1 unspecified atom stereocenters. The number of carbonyl (C=O) groups is 1. The first kappa shape index (κ1) is 15.6. The fourth-order valence-corrected chi connectivity index (χ4v) is 4.21. The van der Waals surface area contributed by atoms with Crippen LogP contribution < -0.4 is 0 Å². The highest BCUT2D eigenvalue weighted by Gasteiger charge is 2.42. The van der Waals surface area contributed by atoms with Crippen molar-refractivity contribution >= 4 is 17.2 Å². The quantitative estimate of drug-likeness (QED) is 0.843. The summed E-state index contributed by atoms with van der Waals surface area (Å²) in [6, 6.07) is 1.90. The van der Waals surface area contributed by atoms with Crippen LogP contribution in [0.4, 0.5) is 0 Å². The summed E-state index contributed by atoms with van der Waals surface area (Å²) in [6.07, 6.45) is 2.71. The lowest BCUT2D eigenvalue weighted by molar-refractivity contribution is -0.133. The summed E-state index contributed by atoms with van der Waals surface area (Å²) >= 11 is 1.56. The second kappa shape index (κ2) is 6.51. The van der Waals surface area contributed by atoms with Gasteiger partial charge in [0, 0.05) is 31.6 Å². The fraction of sp³-hybridized carbons (Fsp3) is 0.706. The van der Waals surface area contributed by atoms with Crippen LogP contribution in [0.15, 0.2) is 16.8 Å². The number of carbonyl (C=O) groups excluding carboxylic acids is 1. The van der Waals surface area contributed by atoms with Crippen LogP contribution in [0.2, 0.25) is 0 Å². The summed E-state index contributed by atoms with van der Waals surface area (Å²) in [5.74, 6) is 0.976. The monoisotopic (exact) mass is 336 g/mol. The predicted molar refractivity (Wildman–Crippen MR) is 88.9 cm³/mol. The molecule has 2 aliphatic heterocycles. The second-order valence-electron chi connectivity index (χ2n) is 7.00. The van der Waals surface area contributed by atoms with Crippen LogP contribution in [0.25, 0.3) is 0 Å². The normalized spacial score (nSPS) is 29.7. The number of rotatable bonds is 3. The smallest absolute Gasteiger partial charge is 0.254 e. The molecule has 3 heterocycles. The number of nitrogens with zero attached hydrogens (tertiary/aromatic N) is 2. The maximum Gasteiger partial charge on any atom is 0.254 e. The molecule has 0 aromatic carbocycles. The molecule has 1 saturated carbocycles. The molecule has 1 spiro atoms. The lowest BCUT2D eigenvalue weighted by Crippen LogP contribution is -2.60. The lowest BCUT2D eigenvalue weighted by atomic mass is 10.0. The van der Waals surface area contributed by atoms with E-state index in [0.717, 1.165) is 37.7 Å². The Labute approximate surface area is 141 Å². The van der Waals surface area contributed by atoms with E-state index >= 15 is 0 Å². The van der Waals surface area contributed by atoms with Gasteiger partial charge in [-0.15, -0.1) is 0 Å². The Morgan fingerprint density at radius 1 is 1.30 bits per heavy atom. The zero-order valence-electron chi connectivity index (χ0n) is 13.4. The van der Waals surface area contributed by atoms with Crippen molar-refractivity contribution in [3.8, 4) is 0 Å². The van der Waals surface area contributed by atoms with Gasteiger partial charge in [-0.2, -0.15) is 11.3 Å². The minimum Gasteiger partial charge on any atom is -0.377 e. The molecule has 1 atom stereocenters. The van der Waals surface area contributed by atoms with E-state index in [4.69, 9.17) is 9.47 Å². The van der Waals surface area contributed by atoms with Crippen molar-refractivity contribution < 1.29 is 14.3 Å². The van der Waals surface area contributed by atoms with E-state index in [2.05, 4.69) is 4.90 Å². The Morgan fingerprint density at radius 3 is 3.00 bits per heavy atom. The molecule has 3 fully saturated rings. The lowest BCUT2D eigenvalue weighted by Gasteiger charge is -2.43. The van der Waals surface area contributed by atoms with Gasteiger partial charge in [0.05, 0.1) is 31.9 Å². The van der Waals surface area contributed by atoms with Gasteiger partial charge >= 0.3 is 0 Å². The Balaban J connectivity index is 1.46. The molecule has 0 bridgehead atoms. The molecular weight excluding hydrogens is 312 g/mol. The van der Waals surface area contributed by atoms with Crippen molar-refractivity contribution in [2.45, 2.75) is 18.4 Å². The number of thiophene rings is 1.